The zero-order valence-corrected chi connectivity index (χ0v) is 23.4. The van der Waals surface area contributed by atoms with Crippen LogP contribution in [0.2, 0.25) is 10.0 Å². The van der Waals surface area contributed by atoms with Crippen LogP contribution in [0.5, 0.6) is 0 Å². The third-order valence-corrected chi connectivity index (χ3v) is 7.25. The molecule has 0 radical (unpaired) electrons. The van der Waals surface area contributed by atoms with Crippen LogP contribution in [0.3, 0.4) is 0 Å². The van der Waals surface area contributed by atoms with E-state index in [1.165, 1.54) is 4.90 Å². The van der Waals surface area contributed by atoms with E-state index >= 15 is 0 Å². The maximum absolute atomic E-state index is 13.4. The standard InChI is InChI=1S/C29H32Cl2N4O4/c1-3-13-35-24(19-33-14-6-15-34(17-16-33)27(36)20-9-11-22(30)12-10-20)25(28(37)39-4-2)26(32-29(35)38)21-7-5-8-23(31)18-21/h3,5,7-12,18,26H,1,4,6,13-17,19H2,2H3,(H,32,38). The van der Waals surface area contributed by atoms with Gasteiger partial charge in [0, 0.05) is 60.6 Å². The van der Waals surface area contributed by atoms with Gasteiger partial charge < -0.3 is 15.0 Å². The molecule has 39 heavy (non-hydrogen) atoms. The first-order chi connectivity index (χ1) is 18.8. The molecule has 206 valence electrons. The second kappa shape index (κ2) is 13.2. The van der Waals surface area contributed by atoms with E-state index in [4.69, 9.17) is 27.9 Å². The highest BCUT2D eigenvalue weighted by molar-refractivity contribution is 6.31. The Morgan fingerprint density at radius 3 is 2.54 bits per heavy atom. The maximum atomic E-state index is 13.4. The number of ether oxygens (including phenoxy) is 1. The molecule has 0 aliphatic carbocycles. The van der Waals surface area contributed by atoms with Gasteiger partial charge in [0.15, 0.2) is 0 Å². The number of carbonyl (C=O) groups excluding carboxylic acids is 3. The van der Waals surface area contributed by atoms with E-state index in [1.54, 1.807) is 55.5 Å². The Balaban J connectivity index is 1.64. The molecule has 8 nitrogen and oxygen atoms in total. The zero-order valence-electron chi connectivity index (χ0n) is 21.9. The Hall–Kier alpha value is -3.33. The third kappa shape index (κ3) is 6.82. The molecule has 1 unspecified atom stereocenters. The number of esters is 1. The van der Waals surface area contributed by atoms with Crippen molar-refractivity contribution in [2.24, 2.45) is 0 Å². The Bertz CT molecular complexity index is 1260. The number of rotatable bonds is 8. The van der Waals surface area contributed by atoms with E-state index in [1.807, 2.05) is 11.0 Å². The van der Waals surface area contributed by atoms with Gasteiger partial charge in [0.25, 0.3) is 5.91 Å². The second-order valence-corrected chi connectivity index (χ2v) is 10.2. The van der Waals surface area contributed by atoms with E-state index < -0.39 is 12.0 Å². The summed E-state index contributed by atoms with van der Waals surface area (Å²) >= 11 is 12.2. The minimum atomic E-state index is -0.721. The Morgan fingerprint density at radius 2 is 1.85 bits per heavy atom. The maximum Gasteiger partial charge on any atom is 0.338 e. The summed E-state index contributed by atoms with van der Waals surface area (Å²) < 4.78 is 5.46. The lowest BCUT2D eigenvalue weighted by molar-refractivity contribution is -0.139. The van der Waals surface area contributed by atoms with Crippen LogP contribution in [-0.4, -0.2) is 78.5 Å². The molecule has 1 saturated heterocycles. The van der Waals surface area contributed by atoms with Crippen molar-refractivity contribution < 1.29 is 19.1 Å². The van der Waals surface area contributed by atoms with Crippen LogP contribution in [0, 0.1) is 0 Å². The quantitative estimate of drug-likeness (QED) is 0.360. The zero-order chi connectivity index (χ0) is 27.9. The van der Waals surface area contributed by atoms with E-state index in [0.717, 1.165) is 6.42 Å². The minimum Gasteiger partial charge on any atom is -0.463 e. The fourth-order valence-corrected chi connectivity index (χ4v) is 5.23. The summed E-state index contributed by atoms with van der Waals surface area (Å²) in [5.41, 5.74) is 2.19. The smallest absolute Gasteiger partial charge is 0.338 e. The average Bonchev–Trinajstić information content (AvgIpc) is 3.16. The highest BCUT2D eigenvalue weighted by Gasteiger charge is 2.38. The summed E-state index contributed by atoms with van der Waals surface area (Å²) in [5, 5.41) is 4.03. The molecule has 0 aromatic heterocycles. The average molecular weight is 572 g/mol. The molecule has 4 rings (SSSR count). The number of hydrogen-bond donors (Lipinski definition) is 1. The van der Waals surface area contributed by atoms with Gasteiger partial charge >= 0.3 is 12.0 Å². The Kier molecular flexibility index (Phi) is 9.67. The SMILES string of the molecule is C=CCN1C(=O)NC(c2cccc(Cl)c2)C(C(=O)OCC)=C1CN1CCCN(C(=O)c2ccc(Cl)cc2)CC1. The third-order valence-electron chi connectivity index (χ3n) is 6.77. The van der Waals surface area contributed by atoms with Gasteiger partial charge in [-0.05, 0) is 55.3 Å². The van der Waals surface area contributed by atoms with Crippen LogP contribution in [0.15, 0.2) is 72.5 Å². The van der Waals surface area contributed by atoms with Crippen molar-refractivity contribution in [3.63, 3.8) is 0 Å². The largest absolute Gasteiger partial charge is 0.463 e. The second-order valence-electron chi connectivity index (χ2n) is 9.35. The number of benzene rings is 2. The van der Waals surface area contributed by atoms with Crippen LogP contribution in [0.1, 0.15) is 35.3 Å². The van der Waals surface area contributed by atoms with Crippen molar-refractivity contribution in [3.8, 4) is 0 Å². The lowest BCUT2D eigenvalue weighted by Gasteiger charge is -2.38. The lowest BCUT2D eigenvalue weighted by atomic mass is 9.94. The first kappa shape index (κ1) is 28.7. The summed E-state index contributed by atoms with van der Waals surface area (Å²) in [6, 6.07) is 12.9. The van der Waals surface area contributed by atoms with E-state index in [0.29, 0.717) is 65.2 Å². The van der Waals surface area contributed by atoms with Gasteiger partial charge in [-0.25, -0.2) is 9.59 Å². The molecule has 2 aromatic carbocycles. The van der Waals surface area contributed by atoms with Gasteiger partial charge in [-0.2, -0.15) is 0 Å². The van der Waals surface area contributed by atoms with E-state index in [-0.39, 0.29) is 25.1 Å². The van der Waals surface area contributed by atoms with Crippen molar-refractivity contribution in [1.82, 2.24) is 20.0 Å². The number of nitrogens with one attached hydrogen (secondary N) is 1. The molecule has 0 spiro atoms. The lowest BCUT2D eigenvalue weighted by Crippen LogP contribution is -2.51. The summed E-state index contributed by atoms with van der Waals surface area (Å²) in [7, 11) is 0. The predicted molar refractivity (Wildman–Crippen MR) is 152 cm³/mol. The van der Waals surface area contributed by atoms with Gasteiger partial charge in [-0.1, -0.05) is 41.4 Å². The van der Waals surface area contributed by atoms with Crippen molar-refractivity contribution in [3.05, 3.63) is 93.6 Å². The molecule has 10 heteroatoms. The highest BCUT2D eigenvalue weighted by atomic mass is 35.5. The molecule has 0 saturated carbocycles. The molecule has 0 bridgehead atoms. The van der Waals surface area contributed by atoms with E-state index in [9.17, 15) is 14.4 Å². The number of halogens is 2. The number of hydrogen-bond acceptors (Lipinski definition) is 5. The molecular weight excluding hydrogens is 539 g/mol. The van der Waals surface area contributed by atoms with Crippen LogP contribution in [0.25, 0.3) is 0 Å². The molecule has 2 aliphatic heterocycles. The Labute approximate surface area is 238 Å². The van der Waals surface area contributed by atoms with Gasteiger partial charge in [0.2, 0.25) is 0 Å². The number of amides is 3. The summed E-state index contributed by atoms with van der Waals surface area (Å²) in [6.07, 6.45) is 2.36. The fourth-order valence-electron chi connectivity index (χ4n) is 4.90. The van der Waals surface area contributed by atoms with Gasteiger partial charge in [-0.15, -0.1) is 6.58 Å². The van der Waals surface area contributed by atoms with Crippen molar-refractivity contribution >= 4 is 41.1 Å². The highest BCUT2D eigenvalue weighted by Crippen LogP contribution is 2.33. The van der Waals surface area contributed by atoms with Gasteiger partial charge in [0.05, 0.1) is 18.2 Å². The molecule has 1 fully saturated rings. The molecule has 1 N–H and O–H groups in total. The van der Waals surface area contributed by atoms with Crippen molar-refractivity contribution in [2.75, 3.05) is 45.9 Å². The summed E-state index contributed by atoms with van der Waals surface area (Å²) in [6.45, 7) is 8.67. The molecule has 3 amide bonds. The molecule has 2 heterocycles. The van der Waals surface area contributed by atoms with Crippen molar-refractivity contribution in [1.29, 1.82) is 0 Å². The van der Waals surface area contributed by atoms with Crippen LogP contribution in [0.4, 0.5) is 4.79 Å². The van der Waals surface area contributed by atoms with E-state index in [2.05, 4.69) is 16.8 Å². The summed E-state index contributed by atoms with van der Waals surface area (Å²) in [4.78, 5) is 45.3. The summed E-state index contributed by atoms with van der Waals surface area (Å²) in [5.74, 6) is -0.549. The molecule has 2 aliphatic rings. The van der Waals surface area contributed by atoms with Crippen LogP contribution < -0.4 is 5.32 Å². The predicted octanol–water partition coefficient (Wildman–Crippen LogP) is 4.91. The van der Waals surface area contributed by atoms with Crippen LogP contribution in [-0.2, 0) is 9.53 Å². The number of nitrogens with zero attached hydrogens (tertiary/aromatic N) is 3. The number of urea groups is 1. The molecule has 2 aromatic rings. The number of carbonyl (C=O) groups is 3. The van der Waals surface area contributed by atoms with Gasteiger partial charge in [-0.3, -0.25) is 14.6 Å². The fraction of sp³-hybridized carbons (Fsp3) is 0.345. The van der Waals surface area contributed by atoms with Crippen LogP contribution >= 0.6 is 23.2 Å². The van der Waals surface area contributed by atoms with Crippen molar-refractivity contribution in [2.45, 2.75) is 19.4 Å². The first-order valence-corrected chi connectivity index (χ1v) is 13.7. The van der Waals surface area contributed by atoms with Gasteiger partial charge in [0.1, 0.15) is 0 Å². The monoisotopic (exact) mass is 570 g/mol. The first-order valence-electron chi connectivity index (χ1n) is 12.9. The minimum absolute atomic E-state index is 0.0497. The molecule has 1 atom stereocenters. The Morgan fingerprint density at radius 1 is 1.08 bits per heavy atom. The normalized spacial score (nSPS) is 18.4. The molecular formula is C29H32Cl2N4O4. The topological polar surface area (TPSA) is 82.2 Å².